The number of rotatable bonds is 9. The third kappa shape index (κ3) is 6.74. The molecule has 0 aromatic heterocycles. The Bertz CT molecular complexity index is 791. The maximum Gasteiger partial charge on any atom is 0.282 e. The van der Waals surface area contributed by atoms with E-state index in [4.69, 9.17) is 0 Å². The molecule has 9 nitrogen and oxygen atoms in total. The zero-order chi connectivity index (χ0) is 21.4. The monoisotopic (exact) mass is 429 g/mol. The smallest absolute Gasteiger partial charge is 0.282 e. The minimum atomic E-state index is -3.47. The average Bonchev–Trinajstić information content (AvgIpc) is 2.69. The summed E-state index contributed by atoms with van der Waals surface area (Å²) in [5.41, 5.74) is 0.441. The molecule has 1 heterocycles. The van der Waals surface area contributed by atoms with E-state index < -0.39 is 21.9 Å². The Morgan fingerprint density at radius 3 is 2.17 bits per heavy atom. The van der Waals surface area contributed by atoms with Crippen LogP contribution in [0.1, 0.15) is 13.8 Å². The molecule has 11 heteroatoms. The predicted octanol–water partition coefficient (Wildman–Crippen LogP) is 0.0846. The number of piperazine rings is 1. The standard InChI is InChI=1S/C18H28FN5O4S/c1-3-23(4-2)29(27,28)24-11-9-22(10-12-24)14-18(26)20-13-17(25)21-16-7-5-15(19)6-8-16/h5-8H,3-4,9-14H2,1-2H3,(H,20,26)(H,21,25). The Labute approximate surface area is 171 Å². The molecule has 162 valence electrons. The molecule has 0 saturated carbocycles. The van der Waals surface area contributed by atoms with Crippen LogP contribution < -0.4 is 10.6 Å². The Morgan fingerprint density at radius 1 is 1.03 bits per heavy atom. The molecule has 0 unspecified atom stereocenters. The lowest BCUT2D eigenvalue weighted by Gasteiger charge is -2.35. The molecule has 1 aliphatic rings. The van der Waals surface area contributed by atoms with Gasteiger partial charge in [0.2, 0.25) is 11.8 Å². The van der Waals surface area contributed by atoms with Crippen molar-refractivity contribution in [3.05, 3.63) is 30.1 Å². The Morgan fingerprint density at radius 2 is 1.62 bits per heavy atom. The summed E-state index contributed by atoms with van der Waals surface area (Å²) in [5.74, 6) is -1.14. The fraction of sp³-hybridized carbons (Fsp3) is 0.556. The lowest BCUT2D eigenvalue weighted by atomic mass is 10.3. The lowest BCUT2D eigenvalue weighted by molar-refractivity contribution is -0.125. The van der Waals surface area contributed by atoms with Crippen molar-refractivity contribution >= 4 is 27.7 Å². The Hall–Kier alpha value is -2.08. The molecule has 2 rings (SSSR count). The van der Waals surface area contributed by atoms with Gasteiger partial charge in [-0.2, -0.15) is 17.0 Å². The maximum absolute atomic E-state index is 12.9. The normalized spacial score (nSPS) is 16.0. The number of carbonyl (C=O) groups is 2. The summed E-state index contributed by atoms with van der Waals surface area (Å²) in [6.45, 7) is 5.83. The molecular formula is C18H28FN5O4S. The average molecular weight is 430 g/mol. The van der Waals surface area contributed by atoms with Crippen molar-refractivity contribution in [2.75, 3.05) is 57.7 Å². The highest BCUT2D eigenvalue weighted by molar-refractivity contribution is 7.86. The van der Waals surface area contributed by atoms with Gasteiger partial charge in [0.1, 0.15) is 5.82 Å². The van der Waals surface area contributed by atoms with E-state index in [0.717, 1.165) is 0 Å². The molecule has 0 bridgehead atoms. The Balaban J connectivity index is 1.72. The van der Waals surface area contributed by atoms with Gasteiger partial charge in [0.05, 0.1) is 13.1 Å². The number of carbonyl (C=O) groups excluding carboxylic acids is 2. The molecule has 2 amide bonds. The number of nitrogens with zero attached hydrogens (tertiary/aromatic N) is 3. The summed E-state index contributed by atoms with van der Waals surface area (Å²) < 4.78 is 40.7. The van der Waals surface area contributed by atoms with Crippen molar-refractivity contribution in [3.63, 3.8) is 0 Å². The van der Waals surface area contributed by atoms with E-state index in [0.29, 0.717) is 45.0 Å². The van der Waals surface area contributed by atoms with Gasteiger partial charge >= 0.3 is 0 Å². The second-order valence-corrected chi connectivity index (χ2v) is 8.53. The molecule has 1 aromatic rings. The first-order valence-electron chi connectivity index (χ1n) is 9.56. The minimum Gasteiger partial charge on any atom is -0.346 e. The van der Waals surface area contributed by atoms with E-state index in [2.05, 4.69) is 10.6 Å². The highest BCUT2D eigenvalue weighted by Crippen LogP contribution is 2.12. The molecule has 2 N–H and O–H groups in total. The third-order valence-corrected chi connectivity index (χ3v) is 6.82. The summed E-state index contributed by atoms with van der Waals surface area (Å²) in [4.78, 5) is 25.8. The number of hydrogen-bond donors (Lipinski definition) is 2. The van der Waals surface area contributed by atoms with E-state index in [1.165, 1.54) is 32.9 Å². The van der Waals surface area contributed by atoms with E-state index >= 15 is 0 Å². The largest absolute Gasteiger partial charge is 0.346 e. The molecule has 0 radical (unpaired) electrons. The van der Waals surface area contributed by atoms with Crippen LogP contribution in [0.2, 0.25) is 0 Å². The number of anilines is 1. The van der Waals surface area contributed by atoms with Crippen molar-refractivity contribution in [1.82, 2.24) is 18.8 Å². The van der Waals surface area contributed by atoms with Gasteiger partial charge in [-0.25, -0.2) is 4.39 Å². The number of halogens is 1. The molecule has 0 aliphatic carbocycles. The van der Waals surface area contributed by atoms with Crippen LogP contribution >= 0.6 is 0 Å². The van der Waals surface area contributed by atoms with Crippen LogP contribution in [0, 0.1) is 5.82 Å². The van der Waals surface area contributed by atoms with Gasteiger partial charge in [-0.3, -0.25) is 14.5 Å². The summed E-state index contributed by atoms with van der Waals surface area (Å²) >= 11 is 0. The second-order valence-electron chi connectivity index (χ2n) is 6.60. The topological polar surface area (TPSA) is 102 Å². The minimum absolute atomic E-state index is 0.0863. The predicted molar refractivity (Wildman–Crippen MR) is 108 cm³/mol. The highest BCUT2D eigenvalue weighted by atomic mass is 32.2. The number of hydrogen-bond acceptors (Lipinski definition) is 5. The van der Waals surface area contributed by atoms with E-state index in [-0.39, 0.29) is 19.0 Å². The summed E-state index contributed by atoms with van der Waals surface area (Å²) in [7, 11) is -3.47. The SMILES string of the molecule is CCN(CC)S(=O)(=O)N1CCN(CC(=O)NCC(=O)Nc2ccc(F)cc2)CC1. The van der Waals surface area contributed by atoms with Gasteiger partial charge < -0.3 is 10.6 Å². The zero-order valence-electron chi connectivity index (χ0n) is 16.7. The highest BCUT2D eigenvalue weighted by Gasteiger charge is 2.31. The van der Waals surface area contributed by atoms with E-state index in [1.54, 1.807) is 13.8 Å². The third-order valence-electron chi connectivity index (χ3n) is 4.63. The number of amides is 2. The van der Waals surface area contributed by atoms with E-state index in [1.807, 2.05) is 4.90 Å². The van der Waals surface area contributed by atoms with Crippen molar-refractivity contribution in [2.24, 2.45) is 0 Å². The fourth-order valence-electron chi connectivity index (χ4n) is 3.01. The first-order valence-corrected chi connectivity index (χ1v) is 11.0. The molecular weight excluding hydrogens is 401 g/mol. The molecule has 1 fully saturated rings. The van der Waals surface area contributed by atoms with Crippen LogP contribution in [-0.4, -0.2) is 86.1 Å². The molecule has 0 spiro atoms. The number of benzene rings is 1. The molecule has 1 saturated heterocycles. The molecule has 1 aromatic carbocycles. The van der Waals surface area contributed by atoms with Crippen LogP contribution in [0.4, 0.5) is 10.1 Å². The lowest BCUT2D eigenvalue weighted by Crippen LogP contribution is -2.54. The van der Waals surface area contributed by atoms with Crippen molar-refractivity contribution in [2.45, 2.75) is 13.8 Å². The summed E-state index contributed by atoms with van der Waals surface area (Å²) in [5, 5.41) is 5.09. The van der Waals surface area contributed by atoms with Crippen molar-refractivity contribution < 1.29 is 22.4 Å². The van der Waals surface area contributed by atoms with Gasteiger partial charge in [-0.1, -0.05) is 13.8 Å². The summed E-state index contributed by atoms with van der Waals surface area (Å²) in [6.07, 6.45) is 0. The van der Waals surface area contributed by atoms with Crippen LogP contribution in [0.5, 0.6) is 0 Å². The van der Waals surface area contributed by atoms with Crippen LogP contribution in [0.3, 0.4) is 0 Å². The zero-order valence-corrected chi connectivity index (χ0v) is 17.5. The number of nitrogens with one attached hydrogen (secondary N) is 2. The molecule has 29 heavy (non-hydrogen) atoms. The first kappa shape index (κ1) is 23.2. The fourth-order valence-corrected chi connectivity index (χ4v) is 4.61. The van der Waals surface area contributed by atoms with Gasteiger partial charge in [0.15, 0.2) is 0 Å². The van der Waals surface area contributed by atoms with Gasteiger partial charge in [-0.05, 0) is 24.3 Å². The Kier molecular flexibility index (Phi) is 8.50. The quantitative estimate of drug-likeness (QED) is 0.579. The molecule has 0 atom stereocenters. The summed E-state index contributed by atoms with van der Waals surface area (Å²) in [6, 6.07) is 5.32. The first-order chi connectivity index (χ1) is 13.8. The maximum atomic E-state index is 12.9. The van der Waals surface area contributed by atoms with Gasteiger partial charge in [0.25, 0.3) is 10.2 Å². The van der Waals surface area contributed by atoms with Crippen LogP contribution in [0.25, 0.3) is 0 Å². The van der Waals surface area contributed by atoms with Crippen molar-refractivity contribution in [3.8, 4) is 0 Å². The van der Waals surface area contributed by atoms with Crippen LogP contribution in [-0.2, 0) is 19.8 Å². The van der Waals surface area contributed by atoms with Crippen LogP contribution in [0.15, 0.2) is 24.3 Å². The van der Waals surface area contributed by atoms with E-state index in [9.17, 15) is 22.4 Å². The van der Waals surface area contributed by atoms with Gasteiger partial charge in [-0.15, -0.1) is 0 Å². The second kappa shape index (κ2) is 10.6. The van der Waals surface area contributed by atoms with Crippen molar-refractivity contribution in [1.29, 1.82) is 0 Å². The molecule has 1 aliphatic heterocycles. The van der Waals surface area contributed by atoms with Gasteiger partial charge in [0, 0.05) is 45.0 Å².